The van der Waals surface area contributed by atoms with Gasteiger partial charge < -0.3 is 9.73 Å². The van der Waals surface area contributed by atoms with E-state index in [4.69, 9.17) is 4.42 Å². The second-order valence-corrected chi connectivity index (χ2v) is 5.02. The van der Waals surface area contributed by atoms with Crippen molar-refractivity contribution in [3.05, 3.63) is 41.6 Å². The highest BCUT2D eigenvalue weighted by Crippen LogP contribution is 2.31. The van der Waals surface area contributed by atoms with Crippen LogP contribution in [0.2, 0.25) is 0 Å². The number of nitrogens with zero attached hydrogens (tertiary/aromatic N) is 2. The lowest BCUT2D eigenvalue weighted by molar-refractivity contribution is 0.365. The number of aryl methyl sites for hydroxylation is 1. The number of aromatic nitrogens is 2. The molecule has 1 aliphatic carbocycles. The van der Waals surface area contributed by atoms with Gasteiger partial charge in [0.05, 0.1) is 18.5 Å². The standard InChI is InChI=1S/C14H19N3O/c1-10(14-7-4-8-18-14)16-12-5-3-6-13-11(12)9-15-17(13)2/h4,7-10,12,16H,3,5-6H2,1-2H3/t10-,12?/m1/s1. The maximum atomic E-state index is 5.45. The first kappa shape index (κ1) is 11.5. The molecule has 0 saturated heterocycles. The van der Waals surface area contributed by atoms with Crippen molar-refractivity contribution in [2.45, 2.75) is 38.3 Å². The summed E-state index contributed by atoms with van der Waals surface area (Å²) in [5.41, 5.74) is 2.72. The van der Waals surface area contributed by atoms with Gasteiger partial charge in [0, 0.05) is 24.3 Å². The van der Waals surface area contributed by atoms with Crippen molar-refractivity contribution in [1.29, 1.82) is 0 Å². The Kier molecular flexibility index (Phi) is 2.96. The van der Waals surface area contributed by atoms with Gasteiger partial charge in [-0.1, -0.05) is 0 Å². The van der Waals surface area contributed by atoms with E-state index in [0.717, 1.165) is 12.2 Å². The van der Waals surface area contributed by atoms with Crippen LogP contribution in [-0.4, -0.2) is 9.78 Å². The van der Waals surface area contributed by atoms with Crippen LogP contribution in [0.5, 0.6) is 0 Å². The summed E-state index contributed by atoms with van der Waals surface area (Å²) in [6.07, 6.45) is 7.25. The van der Waals surface area contributed by atoms with Crippen molar-refractivity contribution >= 4 is 0 Å². The first-order valence-electron chi connectivity index (χ1n) is 6.56. The third-order valence-corrected chi connectivity index (χ3v) is 3.80. The molecule has 1 N–H and O–H groups in total. The fourth-order valence-electron chi connectivity index (χ4n) is 2.80. The van der Waals surface area contributed by atoms with Crippen molar-refractivity contribution in [3.63, 3.8) is 0 Å². The largest absolute Gasteiger partial charge is 0.468 e. The number of nitrogens with one attached hydrogen (secondary N) is 1. The molecule has 0 bridgehead atoms. The lowest BCUT2D eigenvalue weighted by Gasteiger charge is -2.26. The summed E-state index contributed by atoms with van der Waals surface area (Å²) in [4.78, 5) is 0. The molecule has 0 radical (unpaired) electrons. The molecule has 2 aromatic rings. The summed E-state index contributed by atoms with van der Waals surface area (Å²) < 4.78 is 7.45. The van der Waals surface area contributed by atoms with E-state index >= 15 is 0 Å². The van der Waals surface area contributed by atoms with Gasteiger partial charge in [0.1, 0.15) is 5.76 Å². The second-order valence-electron chi connectivity index (χ2n) is 5.02. The quantitative estimate of drug-likeness (QED) is 0.904. The predicted molar refractivity (Wildman–Crippen MR) is 69.1 cm³/mol. The molecule has 4 heteroatoms. The van der Waals surface area contributed by atoms with Crippen molar-refractivity contribution < 1.29 is 4.42 Å². The van der Waals surface area contributed by atoms with Crippen LogP contribution in [0.1, 0.15) is 48.9 Å². The third-order valence-electron chi connectivity index (χ3n) is 3.80. The smallest absolute Gasteiger partial charge is 0.120 e. The molecule has 0 amide bonds. The van der Waals surface area contributed by atoms with E-state index in [1.165, 1.54) is 24.1 Å². The van der Waals surface area contributed by atoms with Crippen LogP contribution in [0.3, 0.4) is 0 Å². The maximum absolute atomic E-state index is 5.45. The molecule has 0 aromatic carbocycles. The topological polar surface area (TPSA) is 43.0 Å². The van der Waals surface area contributed by atoms with Crippen LogP contribution >= 0.6 is 0 Å². The molecular formula is C14H19N3O. The summed E-state index contributed by atoms with van der Waals surface area (Å²) in [6.45, 7) is 2.14. The van der Waals surface area contributed by atoms with Crippen molar-refractivity contribution in [1.82, 2.24) is 15.1 Å². The summed E-state index contributed by atoms with van der Waals surface area (Å²) in [5, 5.41) is 8.02. The van der Waals surface area contributed by atoms with Gasteiger partial charge in [-0.3, -0.25) is 4.68 Å². The van der Waals surface area contributed by atoms with Gasteiger partial charge in [0.15, 0.2) is 0 Å². The Hall–Kier alpha value is -1.55. The molecule has 1 unspecified atom stereocenters. The van der Waals surface area contributed by atoms with Crippen LogP contribution in [0.25, 0.3) is 0 Å². The zero-order valence-electron chi connectivity index (χ0n) is 10.9. The van der Waals surface area contributed by atoms with Crippen molar-refractivity contribution in [2.24, 2.45) is 7.05 Å². The average Bonchev–Trinajstić information content (AvgIpc) is 3.00. The fourth-order valence-corrected chi connectivity index (χ4v) is 2.80. The van der Waals surface area contributed by atoms with Gasteiger partial charge in [0.25, 0.3) is 0 Å². The minimum atomic E-state index is 0.233. The molecule has 0 spiro atoms. The zero-order valence-corrected chi connectivity index (χ0v) is 10.9. The van der Waals surface area contributed by atoms with E-state index in [1.807, 2.05) is 30.1 Å². The van der Waals surface area contributed by atoms with Crippen LogP contribution in [0.4, 0.5) is 0 Å². The molecule has 0 saturated carbocycles. The molecule has 0 fully saturated rings. The molecule has 2 heterocycles. The van der Waals surface area contributed by atoms with E-state index in [2.05, 4.69) is 17.3 Å². The van der Waals surface area contributed by atoms with E-state index in [9.17, 15) is 0 Å². The average molecular weight is 245 g/mol. The van der Waals surface area contributed by atoms with Gasteiger partial charge in [-0.25, -0.2) is 0 Å². The molecule has 3 rings (SSSR count). The molecule has 0 aliphatic heterocycles. The van der Waals surface area contributed by atoms with Crippen LogP contribution in [-0.2, 0) is 13.5 Å². The Labute approximate surface area is 107 Å². The summed E-state index contributed by atoms with van der Waals surface area (Å²) in [7, 11) is 2.02. The minimum absolute atomic E-state index is 0.233. The monoisotopic (exact) mass is 245 g/mol. The fraction of sp³-hybridized carbons (Fsp3) is 0.500. The number of furan rings is 1. The number of rotatable bonds is 3. The highest BCUT2D eigenvalue weighted by Gasteiger charge is 2.25. The normalized spacial score (nSPS) is 20.7. The Morgan fingerprint density at radius 1 is 1.56 bits per heavy atom. The predicted octanol–water partition coefficient (Wildman–Crippen LogP) is 2.74. The van der Waals surface area contributed by atoms with Gasteiger partial charge in [-0.05, 0) is 38.3 Å². The van der Waals surface area contributed by atoms with Crippen molar-refractivity contribution in [3.8, 4) is 0 Å². The Morgan fingerprint density at radius 3 is 3.22 bits per heavy atom. The van der Waals surface area contributed by atoms with Gasteiger partial charge in [-0.15, -0.1) is 0 Å². The molecule has 2 atom stereocenters. The molecule has 96 valence electrons. The van der Waals surface area contributed by atoms with Crippen LogP contribution in [0, 0.1) is 0 Å². The van der Waals surface area contributed by atoms with Crippen LogP contribution in [0.15, 0.2) is 29.0 Å². The Morgan fingerprint density at radius 2 is 2.44 bits per heavy atom. The first-order chi connectivity index (χ1) is 8.75. The Balaban J connectivity index is 1.78. The van der Waals surface area contributed by atoms with Gasteiger partial charge in [0.2, 0.25) is 0 Å². The van der Waals surface area contributed by atoms with E-state index in [-0.39, 0.29) is 6.04 Å². The number of fused-ring (bicyclic) bond motifs is 1. The molecule has 1 aliphatic rings. The van der Waals surface area contributed by atoms with Gasteiger partial charge in [-0.2, -0.15) is 5.10 Å². The second kappa shape index (κ2) is 4.61. The first-order valence-corrected chi connectivity index (χ1v) is 6.56. The van der Waals surface area contributed by atoms with E-state index < -0.39 is 0 Å². The number of hydrogen-bond acceptors (Lipinski definition) is 3. The maximum Gasteiger partial charge on any atom is 0.120 e. The van der Waals surface area contributed by atoms with Crippen LogP contribution < -0.4 is 5.32 Å². The molecule has 18 heavy (non-hydrogen) atoms. The highest BCUT2D eigenvalue weighted by atomic mass is 16.3. The highest BCUT2D eigenvalue weighted by molar-refractivity contribution is 5.25. The van der Waals surface area contributed by atoms with Crippen molar-refractivity contribution in [2.75, 3.05) is 0 Å². The lowest BCUT2D eigenvalue weighted by atomic mass is 9.92. The Bertz CT molecular complexity index is 515. The third kappa shape index (κ3) is 1.97. The summed E-state index contributed by atoms with van der Waals surface area (Å²) in [5.74, 6) is 0.992. The SMILES string of the molecule is C[C@@H](NC1CCCc2c1cnn2C)c1ccco1. The molecular weight excluding hydrogens is 226 g/mol. The molecule has 2 aromatic heterocycles. The van der Waals surface area contributed by atoms with E-state index in [0.29, 0.717) is 6.04 Å². The lowest BCUT2D eigenvalue weighted by Crippen LogP contribution is -2.27. The zero-order chi connectivity index (χ0) is 12.5. The summed E-state index contributed by atoms with van der Waals surface area (Å²) >= 11 is 0. The molecule has 4 nitrogen and oxygen atoms in total. The van der Waals surface area contributed by atoms with E-state index in [1.54, 1.807) is 6.26 Å². The summed E-state index contributed by atoms with van der Waals surface area (Å²) in [6, 6.07) is 4.58. The number of hydrogen-bond donors (Lipinski definition) is 1. The van der Waals surface area contributed by atoms with Gasteiger partial charge >= 0.3 is 0 Å². The minimum Gasteiger partial charge on any atom is -0.468 e.